The van der Waals surface area contributed by atoms with Crippen LogP contribution < -0.4 is 4.18 Å². The van der Waals surface area contributed by atoms with E-state index in [9.17, 15) is 13.2 Å². The molecular formula is C16H17N3O4S. The Labute approximate surface area is 140 Å². The second-order valence-electron chi connectivity index (χ2n) is 5.22. The fourth-order valence-corrected chi connectivity index (χ4v) is 2.28. The number of carbonyl (C=O) groups excluding carboxylic acids is 1. The van der Waals surface area contributed by atoms with Gasteiger partial charge < -0.3 is 4.18 Å². The number of nitrogens with zero attached hydrogens (tertiary/aromatic N) is 3. The minimum atomic E-state index is -3.59. The molecule has 8 heteroatoms. The number of ketones is 1. The Morgan fingerprint density at radius 1 is 0.958 bits per heavy atom. The molecule has 0 aliphatic rings. The predicted octanol–water partition coefficient (Wildman–Crippen LogP) is 2.82. The van der Waals surface area contributed by atoms with Gasteiger partial charge in [0.2, 0.25) is 0 Å². The molecule has 0 N–H and O–H groups in total. The third-order valence-corrected chi connectivity index (χ3v) is 3.33. The summed E-state index contributed by atoms with van der Waals surface area (Å²) < 4.78 is 26.9. The zero-order chi connectivity index (χ0) is 17.7. The first-order valence-electron chi connectivity index (χ1n) is 6.98. The molecule has 0 aliphatic carbocycles. The van der Waals surface area contributed by atoms with Gasteiger partial charge in [-0.05, 0) is 48.5 Å². The highest BCUT2D eigenvalue weighted by atomic mass is 32.2. The van der Waals surface area contributed by atoms with Gasteiger partial charge in [0.15, 0.2) is 5.78 Å². The van der Waals surface area contributed by atoms with E-state index in [1.165, 1.54) is 24.3 Å². The monoisotopic (exact) mass is 347 g/mol. The lowest BCUT2D eigenvalue weighted by atomic mass is 10.0. The summed E-state index contributed by atoms with van der Waals surface area (Å²) in [6, 6.07) is 12.6. The highest BCUT2D eigenvalue weighted by Gasteiger charge is 2.10. The molecule has 0 spiro atoms. The van der Waals surface area contributed by atoms with E-state index in [0.717, 1.165) is 6.26 Å². The van der Waals surface area contributed by atoms with E-state index in [1.807, 2.05) is 0 Å². The Morgan fingerprint density at radius 3 is 1.92 bits per heavy atom. The summed E-state index contributed by atoms with van der Waals surface area (Å²) in [6.07, 6.45) is 0.960. The van der Waals surface area contributed by atoms with Crippen molar-refractivity contribution in [1.29, 1.82) is 0 Å². The summed E-state index contributed by atoms with van der Waals surface area (Å²) in [7, 11) is -0.0617. The molecule has 0 heterocycles. The van der Waals surface area contributed by atoms with Crippen LogP contribution in [0.5, 0.6) is 5.75 Å². The molecule has 0 radical (unpaired) electrons. The van der Waals surface area contributed by atoms with Crippen LogP contribution in [0.25, 0.3) is 0 Å². The molecule has 0 aromatic heterocycles. The van der Waals surface area contributed by atoms with Crippen molar-refractivity contribution >= 4 is 21.6 Å². The van der Waals surface area contributed by atoms with Crippen LogP contribution in [0.4, 0.5) is 5.69 Å². The van der Waals surface area contributed by atoms with Gasteiger partial charge in [-0.1, -0.05) is 5.22 Å². The van der Waals surface area contributed by atoms with E-state index >= 15 is 0 Å². The Balaban J connectivity index is 2.14. The van der Waals surface area contributed by atoms with Gasteiger partial charge in [-0.2, -0.15) is 8.42 Å². The Bertz CT molecular complexity index is 842. The lowest BCUT2D eigenvalue weighted by molar-refractivity contribution is 0.103. The zero-order valence-corrected chi connectivity index (χ0v) is 14.3. The van der Waals surface area contributed by atoms with Crippen LogP contribution in [0.15, 0.2) is 58.9 Å². The third-order valence-electron chi connectivity index (χ3n) is 2.83. The average molecular weight is 347 g/mol. The number of hydrogen-bond donors (Lipinski definition) is 0. The topological polar surface area (TPSA) is 88.4 Å². The summed E-state index contributed by atoms with van der Waals surface area (Å²) >= 11 is 0. The number of rotatable bonds is 6. The van der Waals surface area contributed by atoms with E-state index in [0.29, 0.717) is 16.8 Å². The molecule has 24 heavy (non-hydrogen) atoms. The summed E-state index contributed by atoms with van der Waals surface area (Å²) in [6.45, 7) is 0. The van der Waals surface area contributed by atoms with Crippen molar-refractivity contribution in [3.05, 3.63) is 59.7 Å². The van der Waals surface area contributed by atoms with Crippen LogP contribution in [-0.4, -0.2) is 39.6 Å². The van der Waals surface area contributed by atoms with Crippen LogP contribution in [-0.2, 0) is 10.1 Å². The number of carbonyl (C=O) groups is 1. The smallest absolute Gasteiger partial charge is 0.306 e. The van der Waals surface area contributed by atoms with Gasteiger partial charge in [0.1, 0.15) is 5.75 Å². The molecule has 126 valence electrons. The summed E-state index contributed by atoms with van der Waals surface area (Å²) in [4.78, 5) is 12.4. The molecule has 7 nitrogen and oxygen atoms in total. The zero-order valence-electron chi connectivity index (χ0n) is 13.5. The molecule has 0 aliphatic heterocycles. The Morgan fingerprint density at radius 2 is 1.46 bits per heavy atom. The van der Waals surface area contributed by atoms with Crippen LogP contribution >= 0.6 is 0 Å². The lowest BCUT2D eigenvalue weighted by Gasteiger charge is -2.05. The number of hydrogen-bond acceptors (Lipinski definition) is 6. The molecular weight excluding hydrogens is 330 g/mol. The maximum atomic E-state index is 12.4. The van der Waals surface area contributed by atoms with Crippen LogP contribution in [0, 0.1) is 0 Å². The molecule has 0 saturated carbocycles. The Hall–Kier alpha value is -2.74. The highest BCUT2D eigenvalue weighted by molar-refractivity contribution is 7.86. The van der Waals surface area contributed by atoms with Crippen LogP contribution in [0.2, 0.25) is 0 Å². The van der Waals surface area contributed by atoms with Crippen molar-refractivity contribution in [3.8, 4) is 5.75 Å². The van der Waals surface area contributed by atoms with Gasteiger partial charge in [0, 0.05) is 25.2 Å². The molecule has 0 saturated heterocycles. The minimum absolute atomic E-state index is 0.161. The third kappa shape index (κ3) is 5.17. The van der Waals surface area contributed by atoms with Crippen LogP contribution in [0.3, 0.4) is 0 Å². The van der Waals surface area contributed by atoms with Crippen molar-refractivity contribution in [3.63, 3.8) is 0 Å². The standard InChI is InChI=1S/C16H17N3O4S/c1-19(2)18-17-14-8-4-12(5-9-14)16(20)13-6-10-15(11-7-13)23-24(3,21)22/h4-11H,1-3H3/b18-17+. The fourth-order valence-electron chi connectivity index (χ4n) is 1.82. The fraction of sp³-hybridized carbons (Fsp3) is 0.188. The second kappa shape index (κ2) is 7.22. The lowest BCUT2D eigenvalue weighted by Crippen LogP contribution is -2.06. The van der Waals surface area contributed by atoms with Crippen LogP contribution in [0.1, 0.15) is 15.9 Å². The largest absolute Gasteiger partial charge is 0.383 e. The van der Waals surface area contributed by atoms with Crippen molar-refractivity contribution in [2.75, 3.05) is 20.4 Å². The minimum Gasteiger partial charge on any atom is -0.383 e. The molecule has 0 unspecified atom stereocenters. The van der Waals surface area contributed by atoms with E-state index in [4.69, 9.17) is 4.18 Å². The Kier molecular flexibility index (Phi) is 5.30. The first-order valence-corrected chi connectivity index (χ1v) is 8.79. The van der Waals surface area contributed by atoms with Crippen molar-refractivity contribution in [1.82, 2.24) is 5.01 Å². The SMILES string of the molecule is CN(C)/N=N/c1ccc(C(=O)c2ccc(OS(C)(=O)=O)cc2)cc1. The average Bonchev–Trinajstić information content (AvgIpc) is 2.52. The normalized spacial score (nSPS) is 11.5. The number of benzene rings is 2. The van der Waals surface area contributed by atoms with Gasteiger partial charge in [0.05, 0.1) is 11.9 Å². The van der Waals surface area contributed by atoms with Gasteiger partial charge in [-0.25, -0.2) is 0 Å². The van der Waals surface area contributed by atoms with E-state index in [-0.39, 0.29) is 11.5 Å². The molecule has 2 aromatic carbocycles. The maximum Gasteiger partial charge on any atom is 0.306 e. The van der Waals surface area contributed by atoms with Gasteiger partial charge in [0.25, 0.3) is 0 Å². The van der Waals surface area contributed by atoms with Crippen molar-refractivity contribution in [2.45, 2.75) is 0 Å². The molecule has 0 fully saturated rings. The first-order chi connectivity index (χ1) is 11.2. The van der Waals surface area contributed by atoms with E-state index in [2.05, 4.69) is 10.3 Å². The van der Waals surface area contributed by atoms with Crippen molar-refractivity contribution in [2.24, 2.45) is 10.3 Å². The predicted molar refractivity (Wildman–Crippen MR) is 90.0 cm³/mol. The molecule has 2 rings (SSSR count). The maximum absolute atomic E-state index is 12.4. The van der Waals surface area contributed by atoms with Gasteiger partial charge in [-0.15, -0.1) is 5.11 Å². The molecule has 2 aromatic rings. The summed E-state index contributed by atoms with van der Waals surface area (Å²) in [5.74, 6) is -0.0227. The summed E-state index contributed by atoms with van der Waals surface area (Å²) in [5.41, 5.74) is 1.56. The molecule has 0 atom stereocenters. The van der Waals surface area contributed by atoms with E-state index < -0.39 is 10.1 Å². The molecule has 0 amide bonds. The van der Waals surface area contributed by atoms with E-state index in [1.54, 1.807) is 43.4 Å². The second-order valence-corrected chi connectivity index (χ2v) is 6.80. The quantitative estimate of drug-likeness (QED) is 0.347. The molecule has 0 bridgehead atoms. The van der Waals surface area contributed by atoms with Crippen molar-refractivity contribution < 1.29 is 17.4 Å². The summed E-state index contributed by atoms with van der Waals surface area (Å²) in [5, 5.41) is 9.44. The first kappa shape index (κ1) is 17.6. The van der Waals surface area contributed by atoms with Gasteiger partial charge in [-0.3, -0.25) is 9.80 Å². The highest BCUT2D eigenvalue weighted by Crippen LogP contribution is 2.19. The van der Waals surface area contributed by atoms with Gasteiger partial charge >= 0.3 is 10.1 Å².